The number of piperazine rings is 1. The fourth-order valence-electron chi connectivity index (χ4n) is 3.79. The summed E-state index contributed by atoms with van der Waals surface area (Å²) in [6.45, 7) is 10.2. The molecule has 0 spiro atoms. The van der Waals surface area contributed by atoms with Gasteiger partial charge >= 0.3 is 0 Å². The minimum Gasteiger partial charge on any atom is -0.507 e. The minimum atomic E-state index is 0.153. The lowest BCUT2D eigenvalue weighted by Crippen LogP contribution is -2.45. The Kier molecular flexibility index (Phi) is 7.32. The number of nitrogens with zero attached hydrogens (tertiary/aromatic N) is 4. The summed E-state index contributed by atoms with van der Waals surface area (Å²) in [4.78, 5) is 4.78. The van der Waals surface area contributed by atoms with Crippen molar-refractivity contribution in [2.24, 2.45) is 0 Å². The molecule has 0 aliphatic carbocycles. The van der Waals surface area contributed by atoms with Crippen LogP contribution < -0.4 is 10.2 Å². The first-order chi connectivity index (χ1) is 15.9. The van der Waals surface area contributed by atoms with Crippen LogP contribution in [0.15, 0.2) is 42.5 Å². The Morgan fingerprint density at radius 3 is 2.55 bits per heavy atom. The molecule has 1 fully saturated rings. The smallest absolute Gasteiger partial charge is 0.214 e. The minimum absolute atomic E-state index is 0.153. The van der Waals surface area contributed by atoms with Crippen LogP contribution in [0, 0.1) is 4.77 Å². The highest BCUT2D eigenvalue weighted by atomic mass is 32.1. The lowest BCUT2D eigenvalue weighted by molar-refractivity contribution is 0.134. The van der Waals surface area contributed by atoms with Gasteiger partial charge < -0.3 is 14.7 Å². The number of aromatic hydroxyl groups is 1. The molecule has 2 aromatic carbocycles. The summed E-state index contributed by atoms with van der Waals surface area (Å²) in [7, 11) is 2.16. The molecule has 3 N–H and O–H groups in total. The molecule has 2 heterocycles. The Balaban J connectivity index is 1.41. The SMILES string of the molecule is CC(C)c1ccc(O)c(-c2n[nH]c(=S)n2Nc2ccc(OCCN3CCN(C)CC3)cc2)c1. The normalized spacial score (nSPS) is 15.2. The number of benzene rings is 2. The molecule has 0 saturated carbocycles. The van der Waals surface area contributed by atoms with E-state index in [1.54, 1.807) is 10.7 Å². The first-order valence-electron chi connectivity index (χ1n) is 11.3. The Hall–Kier alpha value is -2.88. The Morgan fingerprint density at radius 1 is 1.12 bits per heavy atom. The Morgan fingerprint density at radius 2 is 1.85 bits per heavy atom. The zero-order valence-electron chi connectivity index (χ0n) is 19.4. The maximum atomic E-state index is 10.4. The van der Waals surface area contributed by atoms with E-state index in [0.717, 1.165) is 49.7 Å². The van der Waals surface area contributed by atoms with Crippen molar-refractivity contribution in [3.05, 3.63) is 52.8 Å². The second kappa shape index (κ2) is 10.4. The van der Waals surface area contributed by atoms with Crippen LogP contribution in [-0.4, -0.2) is 76.2 Å². The number of nitrogens with one attached hydrogen (secondary N) is 2. The quantitative estimate of drug-likeness (QED) is 0.432. The standard InChI is InChI=1S/C24H32N6O2S/c1-17(2)18-4-9-22(31)21(16-18)23-25-26-24(33)30(23)27-19-5-7-20(8-6-19)32-15-14-29-12-10-28(3)11-13-29/h4-9,16-17,27,31H,10-15H2,1-3H3,(H,26,33). The summed E-state index contributed by atoms with van der Waals surface area (Å²) in [5.74, 6) is 1.83. The molecule has 1 aromatic heterocycles. The van der Waals surface area contributed by atoms with Gasteiger partial charge in [-0.2, -0.15) is 5.10 Å². The number of aromatic amines is 1. The number of H-pyrrole nitrogens is 1. The van der Waals surface area contributed by atoms with Crippen LogP contribution in [0.1, 0.15) is 25.3 Å². The molecule has 1 aliphatic rings. The number of phenols is 1. The summed E-state index contributed by atoms with van der Waals surface area (Å²) >= 11 is 5.42. The number of anilines is 1. The lowest BCUT2D eigenvalue weighted by Gasteiger charge is -2.32. The largest absolute Gasteiger partial charge is 0.507 e. The van der Waals surface area contributed by atoms with Gasteiger partial charge in [-0.15, -0.1) is 0 Å². The van der Waals surface area contributed by atoms with E-state index in [2.05, 4.69) is 46.3 Å². The Labute approximate surface area is 199 Å². The number of aromatic nitrogens is 3. The van der Waals surface area contributed by atoms with Crippen molar-refractivity contribution < 1.29 is 9.84 Å². The summed E-state index contributed by atoms with van der Waals surface area (Å²) < 4.78 is 8.01. The van der Waals surface area contributed by atoms with Gasteiger partial charge in [-0.25, -0.2) is 9.77 Å². The van der Waals surface area contributed by atoms with Gasteiger partial charge in [0.2, 0.25) is 4.77 Å². The van der Waals surface area contributed by atoms with E-state index in [4.69, 9.17) is 17.0 Å². The molecule has 0 bridgehead atoms. The van der Waals surface area contributed by atoms with Gasteiger partial charge in [0, 0.05) is 32.7 Å². The zero-order chi connectivity index (χ0) is 23.4. The number of ether oxygens (including phenoxy) is 1. The van der Waals surface area contributed by atoms with Crippen LogP contribution in [0.3, 0.4) is 0 Å². The van der Waals surface area contributed by atoms with E-state index in [-0.39, 0.29) is 5.75 Å². The van der Waals surface area contributed by atoms with Gasteiger partial charge in [-0.05, 0) is 67.1 Å². The molecule has 1 saturated heterocycles. The van der Waals surface area contributed by atoms with E-state index in [1.807, 2.05) is 36.4 Å². The van der Waals surface area contributed by atoms with Gasteiger partial charge in [0.25, 0.3) is 0 Å². The van der Waals surface area contributed by atoms with Gasteiger partial charge in [0.05, 0.1) is 11.3 Å². The molecule has 3 aromatic rings. The molecule has 176 valence electrons. The van der Waals surface area contributed by atoms with Crippen LogP contribution in [0.4, 0.5) is 5.69 Å². The molecule has 33 heavy (non-hydrogen) atoms. The van der Waals surface area contributed by atoms with Gasteiger partial charge in [-0.3, -0.25) is 10.3 Å². The van der Waals surface area contributed by atoms with Crippen molar-refractivity contribution in [3.63, 3.8) is 0 Å². The fraction of sp³-hybridized carbons (Fsp3) is 0.417. The van der Waals surface area contributed by atoms with E-state index in [9.17, 15) is 5.11 Å². The molecule has 9 heteroatoms. The van der Waals surface area contributed by atoms with Crippen molar-refractivity contribution in [2.75, 3.05) is 51.8 Å². The molecular weight excluding hydrogens is 436 g/mol. The van der Waals surface area contributed by atoms with E-state index in [0.29, 0.717) is 28.7 Å². The van der Waals surface area contributed by atoms with E-state index < -0.39 is 0 Å². The van der Waals surface area contributed by atoms with Crippen molar-refractivity contribution in [2.45, 2.75) is 19.8 Å². The molecular formula is C24H32N6O2S. The third-order valence-electron chi connectivity index (χ3n) is 5.97. The predicted octanol–water partition coefficient (Wildman–Crippen LogP) is 3.94. The van der Waals surface area contributed by atoms with Crippen molar-refractivity contribution in [1.29, 1.82) is 0 Å². The third kappa shape index (κ3) is 5.73. The first kappa shape index (κ1) is 23.3. The molecule has 0 radical (unpaired) electrons. The van der Waals surface area contributed by atoms with Crippen molar-refractivity contribution in [1.82, 2.24) is 24.7 Å². The predicted molar refractivity (Wildman–Crippen MR) is 133 cm³/mol. The van der Waals surface area contributed by atoms with Gasteiger partial charge in [0.1, 0.15) is 18.1 Å². The summed E-state index contributed by atoms with van der Waals surface area (Å²) in [5, 5.41) is 17.6. The highest BCUT2D eigenvalue weighted by molar-refractivity contribution is 7.71. The lowest BCUT2D eigenvalue weighted by atomic mass is 10.00. The monoisotopic (exact) mass is 468 g/mol. The average molecular weight is 469 g/mol. The molecule has 8 nitrogen and oxygen atoms in total. The second-order valence-electron chi connectivity index (χ2n) is 8.75. The number of phenolic OH excluding ortho intramolecular Hbond substituents is 1. The van der Waals surface area contributed by atoms with Crippen molar-refractivity contribution >= 4 is 17.9 Å². The number of hydrogen-bond acceptors (Lipinski definition) is 7. The van der Waals surface area contributed by atoms with Crippen LogP contribution >= 0.6 is 12.2 Å². The highest BCUT2D eigenvalue weighted by Crippen LogP contribution is 2.31. The molecule has 1 aliphatic heterocycles. The first-order valence-corrected chi connectivity index (χ1v) is 11.7. The number of likely N-dealkylation sites (N-methyl/N-ethyl adjacent to an activating group) is 1. The summed E-state index contributed by atoms with van der Waals surface area (Å²) in [5.41, 5.74) is 5.83. The van der Waals surface area contributed by atoms with E-state index in [1.165, 1.54) is 0 Å². The summed E-state index contributed by atoms with van der Waals surface area (Å²) in [6, 6.07) is 13.3. The molecule has 4 rings (SSSR count). The van der Waals surface area contributed by atoms with Crippen molar-refractivity contribution in [3.8, 4) is 22.9 Å². The average Bonchev–Trinajstić information content (AvgIpc) is 3.16. The topological polar surface area (TPSA) is 81.6 Å². The molecule has 0 amide bonds. The second-order valence-corrected chi connectivity index (χ2v) is 9.14. The van der Waals surface area contributed by atoms with Gasteiger partial charge in [0.15, 0.2) is 5.82 Å². The Bertz CT molecular complexity index is 1120. The van der Waals surface area contributed by atoms with Crippen LogP contribution in [0.25, 0.3) is 11.4 Å². The van der Waals surface area contributed by atoms with Crippen LogP contribution in [0.5, 0.6) is 11.5 Å². The maximum Gasteiger partial charge on any atom is 0.214 e. The number of hydrogen-bond donors (Lipinski definition) is 3. The zero-order valence-corrected chi connectivity index (χ0v) is 20.2. The van der Waals surface area contributed by atoms with Crippen LogP contribution in [0.2, 0.25) is 0 Å². The number of rotatable bonds is 8. The van der Waals surface area contributed by atoms with Crippen LogP contribution in [-0.2, 0) is 0 Å². The molecule has 0 unspecified atom stereocenters. The summed E-state index contributed by atoms with van der Waals surface area (Å²) in [6.07, 6.45) is 0. The maximum absolute atomic E-state index is 10.4. The molecule has 0 atom stereocenters. The van der Waals surface area contributed by atoms with E-state index >= 15 is 0 Å². The van der Waals surface area contributed by atoms with Gasteiger partial charge in [-0.1, -0.05) is 19.9 Å². The highest BCUT2D eigenvalue weighted by Gasteiger charge is 2.16. The third-order valence-corrected chi connectivity index (χ3v) is 6.24. The fourth-order valence-corrected chi connectivity index (χ4v) is 3.97.